The van der Waals surface area contributed by atoms with Crippen LogP contribution in [0.3, 0.4) is 0 Å². The van der Waals surface area contributed by atoms with Gasteiger partial charge in [0.2, 0.25) is 21.8 Å². The molecule has 3 heterocycles. The third kappa shape index (κ3) is 5.25. The summed E-state index contributed by atoms with van der Waals surface area (Å²) in [6, 6.07) is 6.78. The lowest BCUT2D eigenvalue weighted by atomic mass is 9.96. The molecule has 3 aliphatic heterocycles. The van der Waals surface area contributed by atoms with E-state index < -0.39 is 25.8 Å². The van der Waals surface area contributed by atoms with Crippen molar-refractivity contribution in [2.45, 2.75) is 31.1 Å². The number of carbonyl (C=O) groups is 2. The molecule has 0 bridgehead atoms. The molecule has 11 heteroatoms. The number of piperidine rings is 1. The SMILES string of the molecule is Cc1ccc(S(=O)(=O)N2CCC(C(=O)N3CCN(C(=O)[C@H]4CCS(=O)(=O)C4)CC3)CC2)cc1. The third-order valence-electron chi connectivity index (χ3n) is 6.95. The number of sulfone groups is 1. The van der Waals surface area contributed by atoms with E-state index >= 15 is 0 Å². The van der Waals surface area contributed by atoms with E-state index in [0.717, 1.165) is 5.56 Å². The van der Waals surface area contributed by atoms with Gasteiger partial charge in [-0.1, -0.05) is 17.7 Å². The average Bonchev–Trinajstić information content (AvgIpc) is 3.18. The maximum Gasteiger partial charge on any atom is 0.243 e. The van der Waals surface area contributed by atoms with Crippen LogP contribution < -0.4 is 0 Å². The quantitative estimate of drug-likeness (QED) is 0.599. The molecule has 3 fully saturated rings. The van der Waals surface area contributed by atoms with E-state index in [1.54, 1.807) is 34.1 Å². The fourth-order valence-electron chi connectivity index (χ4n) is 4.86. The number of rotatable bonds is 4. The summed E-state index contributed by atoms with van der Waals surface area (Å²) in [5.74, 6) is -0.806. The average molecular weight is 498 g/mol. The van der Waals surface area contributed by atoms with E-state index in [4.69, 9.17) is 0 Å². The number of benzene rings is 1. The van der Waals surface area contributed by atoms with Crippen LogP contribution in [0.5, 0.6) is 0 Å². The van der Waals surface area contributed by atoms with E-state index in [1.807, 2.05) is 6.92 Å². The van der Waals surface area contributed by atoms with E-state index in [1.165, 1.54) is 4.31 Å². The summed E-state index contributed by atoms with van der Waals surface area (Å²) in [5.41, 5.74) is 0.994. The lowest BCUT2D eigenvalue weighted by Crippen LogP contribution is -2.54. The highest BCUT2D eigenvalue weighted by Crippen LogP contribution is 2.26. The van der Waals surface area contributed by atoms with Gasteiger partial charge in [0.05, 0.1) is 22.3 Å². The number of nitrogens with zero attached hydrogens (tertiary/aromatic N) is 3. The van der Waals surface area contributed by atoms with Crippen LogP contribution in [0, 0.1) is 18.8 Å². The van der Waals surface area contributed by atoms with Gasteiger partial charge >= 0.3 is 0 Å². The Balaban J connectivity index is 1.27. The topological polar surface area (TPSA) is 112 Å². The molecule has 0 saturated carbocycles. The summed E-state index contributed by atoms with van der Waals surface area (Å²) in [7, 11) is -6.68. The third-order valence-corrected chi connectivity index (χ3v) is 10.6. The number of sulfonamides is 1. The second-order valence-corrected chi connectivity index (χ2v) is 13.4. The molecule has 0 N–H and O–H groups in total. The van der Waals surface area contributed by atoms with Crippen LogP contribution in [0.25, 0.3) is 0 Å². The van der Waals surface area contributed by atoms with Crippen molar-refractivity contribution >= 4 is 31.7 Å². The first kappa shape index (κ1) is 24.2. The summed E-state index contributed by atoms with van der Waals surface area (Å²) in [6.07, 6.45) is 1.33. The summed E-state index contributed by atoms with van der Waals surface area (Å²) >= 11 is 0. The summed E-state index contributed by atoms with van der Waals surface area (Å²) in [4.78, 5) is 29.3. The Morgan fingerprint density at radius 3 is 1.82 bits per heavy atom. The lowest BCUT2D eigenvalue weighted by molar-refractivity contribution is -0.144. The van der Waals surface area contributed by atoms with Gasteiger partial charge in [0.15, 0.2) is 9.84 Å². The van der Waals surface area contributed by atoms with Crippen molar-refractivity contribution in [2.24, 2.45) is 11.8 Å². The minimum absolute atomic E-state index is 0.0120. The highest BCUT2D eigenvalue weighted by Gasteiger charge is 2.38. The van der Waals surface area contributed by atoms with Crippen molar-refractivity contribution in [1.82, 2.24) is 14.1 Å². The molecule has 182 valence electrons. The Morgan fingerprint density at radius 1 is 0.818 bits per heavy atom. The predicted molar refractivity (Wildman–Crippen MR) is 123 cm³/mol. The van der Waals surface area contributed by atoms with Crippen molar-refractivity contribution in [1.29, 1.82) is 0 Å². The van der Waals surface area contributed by atoms with Crippen LogP contribution in [0.2, 0.25) is 0 Å². The molecule has 2 amide bonds. The Hall–Kier alpha value is -1.98. The van der Waals surface area contributed by atoms with E-state index in [9.17, 15) is 26.4 Å². The van der Waals surface area contributed by atoms with Gasteiger partial charge in [0, 0.05) is 45.2 Å². The molecule has 1 aromatic rings. The lowest BCUT2D eigenvalue weighted by Gasteiger charge is -2.39. The highest BCUT2D eigenvalue weighted by atomic mass is 32.2. The van der Waals surface area contributed by atoms with Gasteiger partial charge in [0.1, 0.15) is 0 Å². The number of aryl methyl sites for hydroxylation is 1. The zero-order valence-corrected chi connectivity index (χ0v) is 20.5. The van der Waals surface area contributed by atoms with Crippen molar-refractivity contribution in [3.05, 3.63) is 29.8 Å². The molecule has 33 heavy (non-hydrogen) atoms. The summed E-state index contributed by atoms with van der Waals surface area (Å²) in [6.45, 7) is 4.17. The van der Waals surface area contributed by atoms with Crippen LogP contribution in [0.15, 0.2) is 29.2 Å². The maximum absolute atomic E-state index is 13.0. The molecule has 3 aliphatic rings. The second kappa shape index (κ2) is 9.34. The maximum atomic E-state index is 13.0. The molecule has 9 nitrogen and oxygen atoms in total. The fourth-order valence-corrected chi connectivity index (χ4v) is 8.06. The molecule has 0 aromatic heterocycles. The van der Waals surface area contributed by atoms with E-state index in [-0.39, 0.29) is 34.1 Å². The molecule has 0 spiro atoms. The smallest absolute Gasteiger partial charge is 0.243 e. The van der Waals surface area contributed by atoms with Gasteiger partial charge < -0.3 is 9.80 Å². The molecule has 4 rings (SSSR count). The number of piperazine rings is 1. The van der Waals surface area contributed by atoms with E-state index in [2.05, 4.69) is 0 Å². The molecule has 1 atom stereocenters. The second-order valence-electron chi connectivity index (χ2n) is 9.24. The van der Waals surface area contributed by atoms with Gasteiger partial charge in [0.25, 0.3) is 0 Å². The van der Waals surface area contributed by atoms with Crippen LogP contribution in [-0.2, 0) is 29.4 Å². The standard InChI is InChI=1S/C22H31N3O6S2/c1-17-2-4-20(5-3-17)33(30,31)25-9-6-18(7-10-25)21(26)23-11-13-24(14-12-23)22(27)19-8-15-32(28,29)16-19/h2-5,18-19H,6-16H2,1H3/t19-/m0/s1. The van der Waals surface area contributed by atoms with Crippen molar-refractivity contribution < 1.29 is 26.4 Å². The largest absolute Gasteiger partial charge is 0.339 e. The monoisotopic (exact) mass is 497 g/mol. The first-order valence-corrected chi connectivity index (χ1v) is 14.7. The van der Waals surface area contributed by atoms with Crippen molar-refractivity contribution in [3.63, 3.8) is 0 Å². The van der Waals surface area contributed by atoms with Crippen LogP contribution >= 0.6 is 0 Å². The number of carbonyl (C=O) groups excluding carboxylic acids is 2. The summed E-state index contributed by atoms with van der Waals surface area (Å²) < 4.78 is 50.5. The zero-order chi connectivity index (χ0) is 23.8. The van der Waals surface area contributed by atoms with Crippen LogP contribution in [-0.4, -0.2) is 93.5 Å². The summed E-state index contributed by atoms with van der Waals surface area (Å²) in [5, 5.41) is 0. The van der Waals surface area contributed by atoms with Gasteiger partial charge in [-0.25, -0.2) is 16.8 Å². The molecule has 3 saturated heterocycles. The van der Waals surface area contributed by atoms with Crippen molar-refractivity contribution in [3.8, 4) is 0 Å². The minimum Gasteiger partial charge on any atom is -0.339 e. The van der Waals surface area contributed by atoms with Gasteiger partial charge in [-0.3, -0.25) is 9.59 Å². The number of hydrogen-bond acceptors (Lipinski definition) is 6. The molecule has 0 aliphatic carbocycles. The van der Waals surface area contributed by atoms with Gasteiger partial charge in [-0.05, 0) is 38.3 Å². The normalized spacial score (nSPS) is 24.7. The molecular formula is C22H31N3O6S2. The van der Waals surface area contributed by atoms with E-state index in [0.29, 0.717) is 58.5 Å². The minimum atomic E-state index is -3.56. The molecule has 1 aromatic carbocycles. The van der Waals surface area contributed by atoms with Crippen molar-refractivity contribution in [2.75, 3.05) is 50.8 Å². The van der Waals surface area contributed by atoms with Gasteiger partial charge in [-0.2, -0.15) is 4.31 Å². The first-order chi connectivity index (χ1) is 15.6. The Kier molecular flexibility index (Phi) is 6.84. The Morgan fingerprint density at radius 2 is 1.33 bits per heavy atom. The van der Waals surface area contributed by atoms with Crippen LogP contribution in [0.1, 0.15) is 24.8 Å². The van der Waals surface area contributed by atoms with Gasteiger partial charge in [-0.15, -0.1) is 0 Å². The number of amides is 2. The number of hydrogen-bond donors (Lipinski definition) is 0. The zero-order valence-electron chi connectivity index (χ0n) is 18.8. The van der Waals surface area contributed by atoms with Crippen LogP contribution in [0.4, 0.5) is 0 Å². The Bertz CT molecular complexity index is 1100. The Labute approximate surface area is 195 Å². The fraction of sp³-hybridized carbons (Fsp3) is 0.636. The molecule has 0 radical (unpaired) electrons. The first-order valence-electron chi connectivity index (χ1n) is 11.4. The molecule has 0 unspecified atom stereocenters. The predicted octanol–water partition coefficient (Wildman–Crippen LogP) is 0.501. The molecular weight excluding hydrogens is 466 g/mol. The highest BCUT2D eigenvalue weighted by molar-refractivity contribution is 7.91.